The molecule has 5 rings (SSSR count). The van der Waals surface area contributed by atoms with E-state index in [4.69, 9.17) is 5.84 Å². The topological polar surface area (TPSA) is 89.9 Å². The average molecular weight is 454 g/mol. The highest BCUT2D eigenvalue weighted by molar-refractivity contribution is 6.07. The Morgan fingerprint density at radius 3 is 2.61 bits per heavy atom. The lowest BCUT2D eigenvalue weighted by molar-refractivity contribution is -0.137. The molecular weight excluding hydrogens is 433 g/mol. The molecule has 3 aromatic heterocycles. The molecule has 0 saturated heterocycles. The lowest BCUT2D eigenvalue weighted by Crippen LogP contribution is -2.37. The Morgan fingerprint density at radius 1 is 1.15 bits per heavy atom. The number of hydrazine groups is 1. The molecule has 7 nitrogen and oxygen atoms in total. The molecule has 170 valence electrons. The maximum atomic E-state index is 12.9. The molecule has 0 bridgehead atoms. The highest BCUT2D eigenvalue weighted by Gasteiger charge is 2.30. The Labute approximate surface area is 187 Å². The van der Waals surface area contributed by atoms with Gasteiger partial charge in [0.25, 0.3) is 5.91 Å². The Bertz CT molecular complexity index is 1360. The number of nitrogens with zero attached hydrogens (tertiary/aromatic N) is 5. The monoisotopic (exact) mass is 454 g/mol. The molecule has 1 fully saturated rings. The number of nitrogens with two attached hydrogens (primary N) is 1. The molecule has 1 aliphatic rings. The van der Waals surface area contributed by atoms with Crippen molar-refractivity contribution in [3.8, 4) is 0 Å². The van der Waals surface area contributed by atoms with E-state index >= 15 is 0 Å². The fourth-order valence-corrected chi connectivity index (χ4v) is 4.00. The number of rotatable bonds is 5. The van der Waals surface area contributed by atoms with Crippen LogP contribution in [0.1, 0.15) is 40.2 Å². The van der Waals surface area contributed by atoms with Crippen LogP contribution in [0, 0.1) is 5.92 Å². The van der Waals surface area contributed by atoms with Gasteiger partial charge in [-0.25, -0.2) is 5.84 Å². The second-order valence-corrected chi connectivity index (χ2v) is 8.44. The van der Waals surface area contributed by atoms with E-state index in [1.54, 1.807) is 18.2 Å². The van der Waals surface area contributed by atoms with Crippen molar-refractivity contribution in [3.63, 3.8) is 0 Å². The third-order valence-corrected chi connectivity index (χ3v) is 5.92. The van der Waals surface area contributed by atoms with Crippen molar-refractivity contribution in [1.82, 2.24) is 24.8 Å². The summed E-state index contributed by atoms with van der Waals surface area (Å²) >= 11 is 0. The Kier molecular flexibility index (Phi) is 5.04. The van der Waals surface area contributed by atoms with Crippen molar-refractivity contribution >= 4 is 27.7 Å². The van der Waals surface area contributed by atoms with E-state index in [1.165, 1.54) is 18.9 Å². The molecule has 0 aliphatic heterocycles. The number of benzene rings is 1. The van der Waals surface area contributed by atoms with E-state index in [-0.39, 0.29) is 12.2 Å². The Morgan fingerprint density at radius 2 is 1.94 bits per heavy atom. The standard InChI is InChI=1S/C23H21F3N6O/c1-31-21-17-9-14(4-7-19(17)29-11-18(21)20(30-31)8-13-2-3-13)22(33)32(27)12-16-6-5-15(10-28-16)23(24,25)26/h4-7,9-11,13H,2-3,8,12,27H2,1H3. The number of aromatic nitrogens is 4. The molecule has 1 aromatic carbocycles. The minimum Gasteiger partial charge on any atom is -0.271 e. The van der Waals surface area contributed by atoms with Crippen LogP contribution in [0.2, 0.25) is 0 Å². The van der Waals surface area contributed by atoms with Gasteiger partial charge in [-0.3, -0.25) is 24.5 Å². The summed E-state index contributed by atoms with van der Waals surface area (Å²) in [6.07, 6.45) is 1.44. The van der Waals surface area contributed by atoms with Gasteiger partial charge in [-0.1, -0.05) is 0 Å². The van der Waals surface area contributed by atoms with Crippen molar-refractivity contribution in [3.05, 3.63) is 65.2 Å². The number of carbonyl (C=O) groups excluding carboxylic acids is 1. The molecule has 0 radical (unpaired) electrons. The van der Waals surface area contributed by atoms with Crippen molar-refractivity contribution < 1.29 is 18.0 Å². The summed E-state index contributed by atoms with van der Waals surface area (Å²) in [6, 6.07) is 7.24. The highest BCUT2D eigenvalue weighted by Crippen LogP contribution is 2.35. The number of pyridine rings is 2. The summed E-state index contributed by atoms with van der Waals surface area (Å²) < 4.78 is 40.0. The largest absolute Gasteiger partial charge is 0.417 e. The van der Waals surface area contributed by atoms with Gasteiger partial charge in [0.1, 0.15) is 0 Å². The summed E-state index contributed by atoms with van der Waals surface area (Å²) in [5.41, 5.74) is 2.38. The van der Waals surface area contributed by atoms with Gasteiger partial charge in [-0.2, -0.15) is 18.3 Å². The van der Waals surface area contributed by atoms with Gasteiger partial charge in [0, 0.05) is 35.8 Å². The molecule has 10 heteroatoms. The van der Waals surface area contributed by atoms with E-state index in [0.717, 1.165) is 51.2 Å². The zero-order valence-corrected chi connectivity index (χ0v) is 17.8. The molecule has 0 unspecified atom stereocenters. The van der Waals surface area contributed by atoms with E-state index in [1.807, 2.05) is 17.9 Å². The normalized spacial score (nSPS) is 14.2. The first kappa shape index (κ1) is 21.3. The number of halogens is 3. The van der Waals surface area contributed by atoms with Crippen molar-refractivity contribution in [2.45, 2.75) is 32.0 Å². The average Bonchev–Trinajstić information content (AvgIpc) is 3.54. The van der Waals surface area contributed by atoms with Crippen molar-refractivity contribution in [2.75, 3.05) is 0 Å². The number of hydrogen-bond donors (Lipinski definition) is 1. The smallest absolute Gasteiger partial charge is 0.271 e. The van der Waals surface area contributed by atoms with E-state index < -0.39 is 17.6 Å². The second-order valence-electron chi connectivity index (χ2n) is 8.44. The summed E-state index contributed by atoms with van der Waals surface area (Å²) in [7, 11) is 1.87. The first-order chi connectivity index (χ1) is 15.7. The molecular formula is C23H21F3N6O. The Hall–Kier alpha value is -3.53. The van der Waals surface area contributed by atoms with Gasteiger partial charge >= 0.3 is 6.18 Å². The lowest BCUT2D eigenvalue weighted by atomic mass is 10.1. The molecule has 1 aliphatic carbocycles. The van der Waals surface area contributed by atoms with Crippen LogP contribution in [0.25, 0.3) is 21.8 Å². The molecule has 1 saturated carbocycles. The molecule has 1 amide bonds. The van der Waals surface area contributed by atoms with Gasteiger partial charge in [-0.05, 0) is 55.5 Å². The van der Waals surface area contributed by atoms with Crippen LogP contribution >= 0.6 is 0 Å². The Balaban J connectivity index is 1.43. The summed E-state index contributed by atoms with van der Waals surface area (Å²) in [6.45, 7) is -0.130. The predicted molar refractivity (Wildman–Crippen MR) is 116 cm³/mol. The summed E-state index contributed by atoms with van der Waals surface area (Å²) in [4.78, 5) is 21.3. The molecule has 3 heterocycles. The number of carbonyl (C=O) groups is 1. The van der Waals surface area contributed by atoms with Crippen LogP contribution in [0.15, 0.2) is 42.7 Å². The van der Waals surface area contributed by atoms with Gasteiger partial charge in [-0.15, -0.1) is 0 Å². The van der Waals surface area contributed by atoms with Crippen molar-refractivity contribution in [1.29, 1.82) is 0 Å². The number of fused-ring (bicyclic) bond motifs is 3. The van der Waals surface area contributed by atoms with Gasteiger partial charge in [0.2, 0.25) is 0 Å². The second kappa shape index (κ2) is 7.80. The summed E-state index contributed by atoms with van der Waals surface area (Å²) in [5, 5.41) is 7.38. The number of aryl methyl sites for hydroxylation is 1. The van der Waals surface area contributed by atoms with Crippen LogP contribution in [0.3, 0.4) is 0 Å². The molecule has 0 spiro atoms. The minimum absolute atomic E-state index is 0.130. The number of amides is 1. The fourth-order valence-electron chi connectivity index (χ4n) is 4.00. The van der Waals surface area contributed by atoms with Crippen LogP contribution < -0.4 is 5.84 Å². The maximum absolute atomic E-state index is 12.9. The van der Waals surface area contributed by atoms with Gasteiger partial charge in [0.15, 0.2) is 0 Å². The minimum atomic E-state index is -4.47. The zero-order valence-electron chi connectivity index (χ0n) is 17.8. The number of alkyl halides is 3. The van der Waals surface area contributed by atoms with E-state index in [9.17, 15) is 18.0 Å². The highest BCUT2D eigenvalue weighted by atomic mass is 19.4. The lowest BCUT2D eigenvalue weighted by Gasteiger charge is -2.17. The van der Waals surface area contributed by atoms with Crippen LogP contribution in [-0.4, -0.2) is 30.7 Å². The van der Waals surface area contributed by atoms with Gasteiger partial charge < -0.3 is 0 Å². The third kappa shape index (κ3) is 4.13. The first-order valence-corrected chi connectivity index (χ1v) is 10.5. The first-order valence-electron chi connectivity index (χ1n) is 10.5. The number of hydrogen-bond acceptors (Lipinski definition) is 5. The molecule has 33 heavy (non-hydrogen) atoms. The van der Waals surface area contributed by atoms with Crippen LogP contribution in [0.4, 0.5) is 13.2 Å². The van der Waals surface area contributed by atoms with Gasteiger partial charge in [0.05, 0.1) is 34.5 Å². The molecule has 2 N–H and O–H groups in total. The molecule has 0 atom stereocenters. The SMILES string of the molecule is Cn1nc(CC2CC2)c2cnc3ccc(C(=O)N(N)Cc4ccc(C(F)(F)F)cn4)cc3c21. The predicted octanol–water partition coefficient (Wildman–Crippen LogP) is 4.00. The van der Waals surface area contributed by atoms with Crippen LogP contribution in [-0.2, 0) is 26.2 Å². The fraction of sp³-hybridized carbons (Fsp3) is 0.304. The van der Waals surface area contributed by atoms with E-state index in [2.05, 4.69) is 15.1 Å². The third-order valence-electron chi connectivity index (χ3n) is 5.92. The summed E-state index contributed by atoms with van der Waals surface area (Å²) in [5.74, 6) is 6.15. The quantitative estimate of drug-likeness (QED) is 0.280. The van der Waals surface area contributed by atoms with Crippen LogP contribution in [0.5, 0.6) is 0 Å². The molecule has 4 aromatic rings. The maximum Gasteiger partial charge on any atom is 0.417 e. The zero-order chi connectivity index (χ0) is 23.3. The van der Waals surface area contributed by atoms with Crippen molar-refractivity contribution in [2.24, 2.45) is 18.8 Å². The van der Waals surface area contributed by atoms with E-state index in [0.29, 0.717) is 11.5 Å².